The van der Waals surface area contributed by atoms with Gasteiger partial charge in [-0.25, -0.2) is 0 Å². The van der Waals surface area contributed by atoms with E-state index in [1.165, 1.54) is 0 Å². The van der Waals surface area contributed by atoms with Crippen LogP contribution in [0.2, 0.25) is 0 Å². The van der Waals surface area contributed by atoms with Crippen LogP contribution in [-0.4, -0.2) is 33.5 Å². The van der Waals surface area contributed by atoms with Gasteiger partial charge in [0.2, 0.25) is 0 Å². The third-order valence-electron chi connectivity index (χ3n) is 2.56. The fourth-order valence-corrected chi connectivity index (χ4v) is 1.64. The molecule has 1 rings (SSSR count). The van der Waals surface area contributed by atoms with Crippen molar-refractivity contribution < 1.29 is 14.2 Å². The van der Waals surface area contributed by atoms with Gasteiger partial charge in [-0.05, 0) is 37.6 Å². The van der Waals surface area contributed by atoms with E-state index in [2.05, 4.69) is 0 Å². The first kappa shape index (κ1) is 14.8. The Kier molecular flexibility index (Phi) is 7.22. The van der Waals surface area contributed by atoms with Crippen LogP contribution >= 0.6 is 0 Å². The van der Waals surface area contributed by atoms with E-state index in [0.29, 0.717) is 13.2 Å². The molecule has 1 aromatic rings. The van der Waals surface area contributed by atoms with Crippen molar-refractivity contribution in [2.45, 2.75) is 19.8 Å². The van der Waals surface area contributed by atoms with Crippen molar-refractivity contribution in [2.75, 3.05) is 33.5 Å². The zero-order chi connectivity index (χ0) is 13.2. The van der Waals surface area contributed by atoms with Crippen molar-refractivity contribution >= 4 is 0 Å². The van der Waals surface area contributed by atoms with Gasteiger partial charge in [0.05, 0.1) is 13.7 Å². The van der Waals surface area contributed by atoms with Crippen molar-refractivity contribution in [3.63, 3.8) is 0 Å². The number of methoxy groups -OCH3 is 1. The van der Waals surface area contributed by atoms with Gasteiger partial charge in [-0.2, -0.15) is 0 Å². The van der Waals surface area contributed by atoms with Crippen molar-refractivity contribution in [1.29, 1.82) is 0 Å². The standard InChI is InChI=1S/C14H23NO3/c1-3-17-9-4-10-18-14-11-12(7-8-15)5-6-13(14)16-2/h5-6,11H,3-4,7-10,15H2,1-2H3. The number of rotatable bonds is 9. The molecule has 0 bridgehead atoms. The molecule has 102 valence electrons. The minimum Gasteiger partial charge on any atom is -0.493 e. The van der Waals surface area contributed by atoms with Gasteiger partial charge in [0.1, 0.15) is 0 Å². The Hall–Kier alpha value is -1.26. The van der Waals surface area contributed by atoms with Crippen LogP contribution in [0.1, 0.15) is 18.9 Å². The number of ether oxygens (including phenoxy) is 3. The lowest BCUT2D eigenvalue weighted by atomic mass is 10.1. The maximum absolute atomic E-state index is 5.72. The highest BCUT2D eigenvalue weighted by atomic mass is 16.5. The lowest BCUT2D eigenvalue weighted by Crippen LogP contribution is -2.06. The summed E-state index contributed by atoms with van der Waals surface area (Å²) in [6.07, 6.45) is 1.72. The summed E-state index contributed by atoms with van der Waals surface area (Å²) in [7, 11) is 1.64. The van der Waals surface area contributed by atoms with Crippen molar-refractivity contribution in [2.24, 2.45) is 5.73 Å². The first-order chi connectivity index (χ1) is 8.81. The quantitative estimate of drug-likeness (QED) is 0.684. The maximum Gasteiger partial charge on any atom is 0.161 e. The van der Waals surface area contributed by atoms with Gasteiger partial charge in [-0.1, -0.05) is 6.07 Å². The van der Waals surface area contributed by atoms with Gasteiger partial charge in [-0.3, -0.25) is 0 Å². The molecular weight excluding hydrogens is 230 g/mol. The number of benzene rings is 1. The van der Waals surface area contributed by atoms with Crippen LogP contribution in [0.15, 0.2) is 18.2 Å². The second-order valence-electron chi connectivity index (χ2n) is 3.92. The average molecular weight is 253 g/mol. The second-order valence-corrected chi connectivity index (χ2v) is 3.92. The van der Waals surface area contributed by atoms with Crippen LogP contribution in [0, 0.1) is 0 Å². The summed E-state index contributed by atoms with van der Waals surface area (Å²) in [4.78, 5) is 0. The summed E-state index contributed by atoms with van der Waals surface area (Å²) in [6.45, 7) is 4.72. The Morgan fingerprint density at radius 3 is 2.67 bits per heavy atom. The normalized spacial score (nSPS) is 10.4. The summed E-state index contributed by atoms with van der Waals surface area (Å²) >= 11 is 0. The second kappa shape index (κ2) is 8.78. The maximum atomic E-state index is 5.72. The van der Waals surface area contributed by atoms with Gasteiger partial charge in [0.25, 0.3) is 0 Å². The van der Waals surface area contributed by atoms with Crippen molar-refractivity contribution in [1.82, 2.24) is 0 Å². The van der Waals surface area contributed by atoms with Crippen LogP contribution in [0.4, 0.5) is 0 Å². The molecule has 0 saturated carbocycles. The Balaban J connectivity index is 2.52. The molecule has 18 heavy (non-hydrogen) atoms. The summed E-state index contributed by atoms with van der Waals surface area (Å²) in [6, 6.07) is 5.92. The molecule has 0 spiro atoms. The topological polar surface area (TPSA) is 53.7 Å². The van der Waals surface area contributed by atoms with E-state index < -0.39 is 0 Å². The van der Waals surface area contributed by atoms with Crippen LogP contribution < -0.4 is 15.2 Å². The minimum absolute atomic E-state index is 0.627. The van der Waals surface area contributed by atoms with Crippen LogP contribution in [0.3, 0.4) is 0 Å². The van der Waals surface area contributed by atoms with Gasteiger partial charge < -0.3 is 19.9 Å². The highest BCUT2D eigenvalue weighted by Gasteiger charge is 2.05. The average Bonchev–Trinajstić information content (AvgIpc) is 2.39. The summed E-state index contributed by atoms with van der Waals surface area (Å²) in [5, 5.41) is 0. The first-order valence-corrected chi connectivity index (χ1v) is 6.39. The molecule has 0 aromatic heterocycles. The highest BCUT2D eigenvalue weighted by Crippen LogP contribution is 2.28. The molecular formula is C14H23NO3. The van der Waals surface area contributed by atoms with Crippen molar-refractivity contribution in [3.8, 4) is 11.5 Å². The Bertz CT molecular complexity index is 342. The van der Waals surface area contributed by atoms with E-state index in [9.17, 15) is 0 Å². The smallest absolute Gasteiger partial charge is 0.161 e. The number of nitrogens with two attached hydrogens (primary N) is 1. The fraction of sp³-hybridized carbons (Fsp3) is 0.571. The molecule has 0 aliphatic heterocycles. The lowest BCUT2D eigenvalue weighted by Gasteiger charge is -2.12. The summed E-state index contributed by atoms with van der Waals surface area (Å²) in [5.41, 5.74) is 6.71. The van der Waals surface area contributed by atoms with E-state index in [4.69, 9.17) is 19.9 Å². The zero-order valence-electron chi connectivity index (χ0n) is 11.3. The molecule has 0 heterocycles. The minimum atomic E-state index is 0.627. The fourth-order valence-electron chi connectivity index (χ4n) is 1.64. The number of hydrogen-bond donors (Lipinski definition) is 1. The molecule has 0 unspecified atom stereocenters. The SMILES string of the molecule is CCOCCCOc1cc(CCN)ccc1OC. The molecule has 0 amide bonds. The van der Waals surface area contributed by atoms with Gasteiger partial charge in [-0.15, -0.1) is 0 Å². The van der Waals surface area contributed by atoms with Crippen molar-refractivity contribution in [3.05, 3.63) is 23.8 Å². The Morgan fingerprint density at radius 1 is 1.17 bits per heavy atom. The molecule has 0 aliphatic rings. The third-order valence-corrected chi connectivity index (χ3v) is 2.56. The van der Waals surface area contributed by atoms with Crippen LogP contribution in [0.25, 0.3) is 0 Å². The Labute approximate surface area is 109 Å². The van der Waals surface area contributed by atoms with Crippen LogP contribution in [-0.2, 0) is 11.2 Å². The largest absolute Gasteiger partial charge is 0.493 e. The molecule has 2 N–H and O–H groups in total. The lowest BCUT2D eigenvalue weighted by molar-refractivity contribution is 0.130. The van der Waals surface area contributed by atoms with E-state index in [0.717, 1.165) is 43.1 Å². The number of hydrogen-bond acceptors (Lipinski definition) is 4. The van der Waals surface area contributed by atoms with Gasteiger partial charge in [0.15, 0.2) is 11.5 Å². The predicted octanol–water partition coefficient (Wildman–Crippen LogP) is 2.00. The van der Waals surface area contributed by atoms with E-state index in [1.807, 2.05) is 25.1 Å². The molecule has 0 atom stereocenters. The summed E-state index contributed by atoms with van der Waals surface area (Å²) in [5.74, 6) is 1.53. The molecule has 0 saturated heterocycles. The zero-order valence-corrected chi connectivity index (χ0v) is 11.3. The summed E-state index contributed by atoms with van der Waals surface area (Å²) < 4.78 is 16.2. The van der Waals surface area contributed by atoms with Gasteiger partial charge in [0, 0.05) is 19.6 Å². The molecule has 1 aromatic carbocycles. The molecule has 0 fully saturated rings. The molecule has 4 heteroatoms. The molecule has 0 radical (unpaired) electrons. The first-order valence-electron chi connectivity index (χ1n) is 6.39. The third kappa shape index (κ3) is 4.94. The molecule has 4 nitrogen and oxygen atoms in total. The Morgan fingerprint density at radius 2 is 2.00 bits per heavy atom. The van der Waals surface area contributed by atoms with E-state index in [1.54, 1.807) is 7.11 Å². The predicted molar refractivity (Wildman–Crippen MR) is 72.4 cm³/mol. The highest BCUT2D eigenvalue weighted by molar-refractivity contribution is 5.43. The van der Waals surface area contributed by atoms with Crippen LogP contribution in [0.5, 0.6) is 11.5 Å². The van der Waals surface area contributed by atoms with E-state index >= 15 is 0 Å². The van der Waals surface area contributed by atoms with Gasteiger partial charge >= 0.3 is 0 Å². The van der Waals surface area contributed by atoms with E-state index in [-0.39, 0.29) is 0 Å². The monoisotopic (exact) mass is 253 g/mol. The molecule has 0 aliphatic carbocycles.